The van der Waals surface area contributed by atoms with E-state index in [1.165, 1.54) is 18.2 Å². The Morgan fingerprint density at radius 3 is 2.67 bits per heavy atom. The average molecular weight is 297 g/mol. The van der Waals surface area contributed by atoms with E-state index >= 15 is 0 Å². The summed E-state index contributed by atoms with van der Waals surface area (Å²) in [5.41, 5.74) is 5.65. The van der Waals surface area contributed by atoms with Gasteiger partial charge in [0.05, 0.1) is 35.6 Å². The highest BCUT2D eigenvalue weighted by molar-refractivity contribution is 5.71. The van der Waals surface area contributed by atoms with Crippen molar-refractivity contribution in [3.05, 3.63) is 33.9 Å². The molecule has 0 fully saturated rings. The van der Waals surface area contributed by atoms with Crippen LogP contribution in [0.3, 0.4) is 0 Å². The molecule has 0 saturated carbocycles. The number of aliphatic hydroxyl groups is 1. The Kier molecular flexibility index (Phi) is 5.76. The zero-order valence-corrected chi connectivity index (χ0v) is 10.9. The Morgan fingerprint density at radius 1 is 1.52 bits per heavy atom. The van der Waals surface area contributed by atoms with Gasteiger partial charge in [-0.05, 0) is 12.1 Å². The molecule has 0 amide bonds. The maximum atomic E-state index is 10.7. The summed E-state index contributed by atoms with van der Waals surface area (Å²) in [5, 5.41) is 31.4. The molecule has 0 saturated heterocycles. The minimum Gasteiger partial charge on any atom is -0.481 e. The van der Waals surface area contributed by atoms with E-state index in [1.54, 1.807) is 0 Å². The second-order valence-electron chi connectivity index (χ2n) is 4.32. The summed E-state index contributed by atoms with van der Waals surface area (Å²) in [6, 6.07) is 1.92. The summed E-state index contributed by atoms with van der Waals surface area (Å²) in [5.74, 6) is -1.14. The molecule has 0 radical (unpaired) electrons. The topological polar surface area (TPSA) is 156 Å². The lowest BCUT2D eigenvalue weighted by Crippen LogP contribution is -2.42. The van der Waals surface area contributed by atoms with Gasteiger partial charge in [-0.1, -0.05) is 0 Å². The molecule has 2 atom stereocenters. The first-order valence-corrected chi connectivity index (χ1v) is 5.96. The van der Waals surface area contributed by atoms with E-state index in [1.807, 2.05) is 0 Å². The van der Waals surface area contributed by atoms with E-state index in [4.69, 9.17) is 15.9 Å². The molecule has 9 heteroatoms. The van der Waals surface area contributed by atoms with Crippen LogP contribution in [0.25, 0.3) is 0 Å². The monoisotopic (exact) mass is 297 g/mol. The Labute approximate surface area is 119 Å². The van der Waals surface area contributed by atoms with Crippen molar-refractivity contribution in [3.8, 4) is 0 Å². The zero-order chi connectivity index (χ0) is 16.0. The molecule has 0 heterocycles. The van der Waals surface area contributed by atoms with Crippen LogP contribution in [0, 0.1) is 10.1 Å². The molecule has 21 heavy (non-hydrogen) atoms. The lowest BCUT2D eigenvalue weighted by Gasteiger charge is -2.21. The molecule has 114 valence electrons. The second kappa shape index (κ2) is 7.31. The van der Waals surface area contributed by atoms with Gasteiger partial charge >= 0.3 is 5.97 Å². The molecule has 5 N–H and O–H groups in total. The van der Waals surface area contributed by atoms with Crippen LogP contribution in [-0.4, -0.2) is 39.5 Å². The molecule has 1 aromatic carbocycles. The molecule has 0 aliphatic carbocycles. The first-order chi connectivity index (χ1) is 9.88. The normalized spacial score (nSPS) is 13.2. The summed E-state index contributed by atoms with van der Waals surface area (Å²) in [7, 11) is 0. The van der Waals surface area contributed by atoms with Gasteiger partial charge in [0, 0.05) is 11.8 Å². The number of nitro groups is 1. The van der Waals surface area contributed by atoms with Crippen LogP contribution < -0.4 is 11.1 Å². The zero-order valence-electron chi connectivity index (χ0n) is 10.9. The number of carbonyl (C=O) groups is 2. The summed E-state index contributed by atoms with van der Waals surface area (Å²) in [6.07, 6.45) is 0.0182. The minimum absolute atomic E-state index is 0.0683. The predicted molar refractivity (Wildman–Crippen MR) is 72.7 cm³/mol. The summed E-state index contributed by atoms with van der Waals surface area (Å²) >= 11 is 0. The number of carbonyl (C=O) groups excluding carboxylic acids is 1. The number of hydrogen-bond acceptors (Lipinski definition) is 7. The van der Waals surface area contributed by atoms with Gasteiger partial charge in [0.1, 0.15) is 6.29 Å². The number of nitrogens with two attached hydrogens (primary N) is 1. The quantitative estimate of drug-likeness (QED) is 0.293. The maximum Gasteiger partial charge on any atom is 0.305 e. The molecule has 1 rings (SSSR count). The molecule has 9 nitrogen and oxygen atoms in total. The number of aliphatic carboxylic acids is 1. The van der Waals surface area contributed by atoms with E-state index in [0.717, 1.165) is 0 Å². The number of carboxylic acids is 1. The molecular weight excluding hydrogens is 282 g/mol. The largest absolute Gasteiger partial charge is 0.481 e. The highest BCUT2D eigenvalue weighted by Gasteiger charge is 2.21. The number of nitro benzene ring substituents is 1. The number of nitrogens with one attached hydrogen (secondary N) is 1. The van der Waals surface area contributed by atoms with E-state index < -0.39 is 36.0 Å². The van der Waals surface area contributed by atoms with E-state index in [9.17, 15) is 19.7 Å². The molecule has 0 bridgehead atoms. The van der Waals surface area contributed by atoms with Crippen LogP contribution >= 0.6 is 0 Å². The standard InChI is InChI=1S/C12H15N3O6/c13-9(6-17)10(4-12(18)19)14-8-1-2-11(15(20)21)7(3-8)5-16/h1-3,6,9-10,14,16H,4-5,13H2,(H,18,19)/t9-,10?/m1/s1. The number of hydrogen-bond donors (Lipinski definition) is 4. The van der Waals surface area contributed by atoms with Crippen LogP contribution in [0.2, 0.25) is 0 Å². The van der Waals surface area contributed by atoms with Crippen molar-refractivity contribution >= 4 is 23.6 Å². The third-order valence-corrected chi connectivity index (χ3v) is 2.81. The summed E-state index contributed by atoms with van der Waals surface area (Å²) in [6.45, 7) is -0.546. The number of rotatable bonds is 8. The van der Waals surface area contributed by atoms with Crippen molar-refractivity contribution in [2.24, 2.45) is 5.73 Å². The van der Waals surface area contributed by atoms with Crippen LogP contribution in [0.15, 0.2) is 18.2 Å². The summed E-state index contributed by atoms with van der Waals surface area (Å²) in [4.78, 5) is 31.5. The molecular formula is C12H15N3O6. The number of benzene rings is 1. The van der Waals surface area contributed by atoms with Gasteiger partial charge in [-0.2, -0.15) is 0 Å². The van der Waals surface area contributed by atoms with Crippen molar-refractivity contribution in [1.29, 1.82) is 0 Å². The van der Waals surface area contributed by atoms with E-state index in [0.29, 0.717) is 12.0 Å². The lowest BCUT2D eigenvalue weighted by atomic mass is 10.1. The second-order valence-corrected chi connectivity index (χ2v) is 4.32. The lowest BCUT2D eigenvalue weighted by molar-refractivity contribution is -0.385. The number of anilines is 1. The third kappa shape index (κ3) is 4.51. The first-order valence-electron chi connectivity index (χ1n) is 5.96. The van der Waals surface area contributed by atoms with Gasteiger partial charge in [0.15, 0.2) is 0 Å². The van der Waals surface area contributed by atoms with Gasteiger partial charge in [0.2, 0.25) is 0 Å². The minimum atomic E-state index is -1.14. The fraction of sp³-hybridized carbons (Fsp3) is 0.333. The van der Waals surface area contributed by atoms with Crippen molar-refractivity contribution < 1.29 is 24.7 Å². The Hall–Kier alpha value is -2.52. The third-order valence-electron chi connectivity index (χ3n) is 2.81. The summed E-state index contributed by atoms with van der Waals surface area (Å²) < 4.78 is 0. The van der Waals surface area contributed by atoms with Crippen molar-refractivity contribution in [3.63, 3.8) is 0 Å². The van der Waals surface area contributed by atoms with Gasteiger partial charge < -0.3 is 26.1 Å². The van der Waals surface area contributed by atoms with E-state index in [2.05, 4.69) is 5.32 Å². The Morgan fingerprint density at radius 2 is 2.19 bits per heavy atom. The predicted octanol–water partition coefficient (Wildman–Crippen LogP) is -0.131. The fourth-order valence-electron chi connectivity index (χ4n) is 1.76. The number of nitrogens with zero attached hydrogens (tertiary/aromatic N) is 1. The van der Waals surface area contributed by atoms with Crippen LogP contribution in [0.1, 0.15) is 12.0 Å². The van der Waals surface area contributed by atoms with Crippen LogP contribution in [-0.2, 0) is 16.2 Å². The van der Waals surface area contributed by atoms with Crippen LogP contribution in [0.5, 0.6) is 0 Å². The fourth-order valence-corrected chi connectivity index (χ4v) is 1.76. The Bertz CT molecular complexity index is 548. The highest BCUT2D eigenvalue weighted by Crippen LogP contribution is 2.23. The van der Waals surface area contributed by atoms with E-state index in [-0.39, 0.29) is 11.3 Å². The number of aliphatic hydroxyl groups excluding tert-OH is 1. The van der Waals surface area contributed by atoms with Crippen molar-refractivity contribution in [2.75, 3.05) is 5.32 Å². The molecule has 1 unspecified atom stereocenters. The molecule has 0 aliphatic rings. The highest BCUT2D eigenvalue weighted by atomic mass is 16.6. The number of carboxylic acid groups (broad SMARTS) is 1. The molecule has 1 aromatic rings. The maximum absolute atomic E-state index is 10.7. The molecule has 0 aromatic heterocycles. The van der Waals surface area contributed by atoms with Crippen molar-refractivity contribution in [1.82, 2.24) is 0 Å². The smallest absolute Gasteiger partial charge is 0.305 e. The van der Waals surface area contributed by atoms with Gasteiger partial charge in [0.25, 0.3) is 5.69 Å². The van der Waals surface area contributed by atoms with Gasteiger partial charge in [-0.25, -0.2) is 0 Å². The average Bonchev–Trinajstić information content (AvgIpc) is 2.44. The molecule has 0 aliphatic heterocycles. The van der Waals surface area contributed by atoms with Gasteiger partial charge in [-0.15, -0.1) is 0 Å². The van der Waals surface area contributed by atoms with Crippen molar-refractivity contribution in [2.45, 2.75) is 25.1 Å². The van der Waals surface area contributed by atoms with Crippen LogP contribution in [0.4, 0.5) is 11.4 Å². The SMILES string of the molecule is N[C@H](C=O)C(CC(=O)O)Nc1ccc([N+](=O)[O-])c(CO)c1. The first kappa shape index (κ1) is 16.5. The number of aldehydes is 1. The van der Waals surface area contributed by atoms with Gasteiger partial charge in [-0.3, -0.25) is 14.9 Å². The Balaban J connectivity index is 3.01. The molecule has 0 spiro atoms.